The standard InChI is InChI=1S/C40H27NO/c1-40(2)34-23-30(16-18-31(34)33-21-27-10-6-7-11-28(27)22-35(33)40)29-15-13-24-12-14-25-17-19-36-38(37(25)32(24)20-29)42-39(41-36)26-8-4-3-5-9-26/h3-23H,1-2H3. The van der Waals surface area contributed by atoms with Crippen LogP contribution in [0.1, 0.15) is 25.0 Å². The van der Waals surface area contributed by atoms with E-state index in [0.29, 0.717) is 5.89 Å². The fourth-order valence-electron chi connectivity index (χ4n) is 7.01. The Morgan fingerprint density at radius 2 is 1.19 bits per heavy atom. The number of oxazole rings is 1. The molecule has 0 amide bonds. The van der Waals surface area contributed by atoms with Crippen molar-refractivity contribution in [1.29, 1.82) is 0 Å². The Morgan fingerprint density at radius 1 is 0.524 bits per heavy atom. The minimum atomic E-state index is -0.0753. The van der Waals surface area contributed by atoms with Crippen molar-refractivity contribution in [2.24, 2.45) is 0 Å². The molecule has 1 aliphatic rings. The Morgan fingerprint density at radius 3 is 2.05 bits per heavy atom. The summed E-state index contributed by atoms with van der Waals surface area (Å²) < 4.78 is 6.47. The molecule has 0 bridgehead atoms. The highest BCUT2D eigenvalue weighted by Gasteiger charge is 2.35. The maximum Gasteiger partial charge on any atom is 0.227 e. The summed E-state index contributed by atoms with van der Waals surface area (Å²) in [5, 5.41) is 7.23. The summed E-state index contributed by atoms with van der Waals surface area (Å²) in [6, 6.07) is 46.0. The van der Waals surface area contributed by atoms with Crippen LogP contribution in [0, 0.1) is 0 Å². The third kappa shape index (κ3) is 3.30. The summed E-state index contributed by atoms with van der Waals surface area (Å²) >= 11 is 0. The fraction of sp³-hybridized carbons (Fsp3) is 0.0750. The van der Waals surface area contributed by atoms with E-state index in [4.69, 9.17) is 9.40 Å². The third-order valence-corrected chi connectivity index (χ3v) is 9.25. The zero-order valence-electron chi connectivity index (χ0n) is 23.5. The van der Waals surface area contributed by atoms with Crippen LogP contribution in [0.5, 0.6) is 0 Å². The first-order chi connectivity index (χ1) is 20.5. The molecule has 9 rings (SSSR count). The highest BCUT2D eigenvalue weighted by atomic mass is 16.3. The van der Waals surface area contributed by atoms with Gasteiger partial charge in [-0.1, -0.05) is 98.8 Å². The van der Waals surface area contributed by atoms with Gasteiger partial charge in [0.15, 0.2) is 5.58 Å². The number of aromatic nitrogens is 1. The van der Waals surface area contributed by atoms with Gasteiger partial charge in [-0.15, -0.1) is 0 Å². The van der Waals surface area contributed by atoms with Gasteiger partial charge in [0.05, 0.1) is 0 Å². The van der Waals surface area contributed by atoms with E-state index in [2.05, 4.69) is 111 Å². The SMILES string of the molecule is CC1(C)c2cc(-c3ccc4ccc5ccc6nc(-c7ccccc7)oc6c5c4c3)ccc2-c2cc3ccccc3cc21. The van der Waals surface area contributed by atoms with E-state index in [9.17, 15) is 0 Å². The molecule has 0 fully saturated rings. The molecule has 0 N–H and O–H groups in total. The molecule has 0 saturated heterocycles. The van der Waals surface area contributed by atoms with Crippen LogP contribution in [0.2, 0.25) is 0 Å². The first-order valence-corrected chi connectivity index (χ1v) is 14.5. The van der Waals surface area contributed by atoms with Gasteiger partial charge >= 0.3 is 0 Å². The van der Waals surface area contributed by atoms with Crippen molar-refractivity contribution in [2.75, 3.05) is 0 Å². The zero-order valence-corrected chi connectivity index (χ0v) is 23.5. The molecule has 8 aromatic rings. The van der Waals surface area contributed by atoms with Gasteiger partial charge in [-0.2, -0.15) is 0 Å². The number of benzene rings is 7. The van der Waals surface area contributed by atoms with Crippen molar-refractivity contribution in [1.82, 2.24) is 4.98 Å². The number of fused-ring (bicyclic) bond motifs is 9. The molecule has 0 unspecified atom stereocenters. The van der Waals surface area contributed by atoms with Crippen LogP contribution in [0.3, 0.4) is 0 Å². The molecule has 0 spiro atoms. The highest BCUT2D eigenvalue weighted by Crippen LogP contribution is 2.51. The summed E-state index contributed by atoms with van der Waals surface area (Å²) in [6.07, 6.45) is 0. The van der Waals surface area contributed by atoms with Gasteiger partial charge in [0.1, 0.15) is 5.52 Å². The summed E-state index contributed by atoms with van der Waals surface area (Å²) in [6.45, 7) is 4.71. The number of nitrogens with zero attached hydrogens (tertiary/aromatic N) is 1. The van der Waals surface area contributed by atoms with E-state index < -0.39 is 0 Å². The topological polar surface area (TPSA) is 26.0 Å². The van der Waals surface area contributed by atoms with Crippen LogP contribution < -0.4 is 0 Å². The van der Waals surface area contributed by atoms with Crippen LogP contribution in [0.4, 0.5) is 0 Å². The van der Waals surface area contributed by atoms with Crippen molar-refractivity contribution in [2.45, 2.75) is 19.3 Å². The minimum absolute atomic E-state index is 0.0753. The predicted octanol–water partition coefficient (Wildman–Crippen LogP) is 10.9. The van der Waals surface area contributed by atoms with Crippen molar-refractivity contribution in [3.63, 3.8) is 0 Å². The molecule has 1 heterocycles. The molecule has 0 radical (unpaired) electrons. The average molecular weight is 538 g/mol. The molecule has 42 heavy (non-hydrogen) atoms. The Hall–Kier alpha value is -5.21. The second kappa shape index (κ2) is 8.41. The van der Waals surface area contributed by atoms with Crippen LogP contribution in [-0.2, 0) is 5.41 Å². The lowest BCUT2D eigenvalue weighted by Crippen LogP contribution is -2.15. The van der Waals surface area contributed by atoms with Gasteiger partial charge in [-0.05, 0) is 103 Å². The van der Waals surface area contributed by atoms with Gasteiger partial charge in [0.25, 0.3) is 0 Å². The van der Waals surface area contributed by atoms with Crippen molar-refractivity contribution < 1.29 is 4.42 Å². The molecule has 2 heteroatoms. The summed E-state index contributed by atoms with van der Waals surface area (Å²) in [5.41, 5.74) is 10.5. The lowest BCUT2D eigenvalue weighted by molar-refractivity contribution is 0.623. The molecule has 0 atom stereocenters. The molecular weight excluding hydrogens is 510 g/mol. The van der Waals surface area contributed by atoms with E-state index in [1.165, 1.54) is 54.9 Å². The van der Waals surface area contributed by atoms with Crippen molar-refractivity contribution in [3.8, 4) is 33.7 Å². The van der Waals surface area contributed by atoms with Gasteiger partial charge < -0.3 is 4.42 Å². The van der Waals surface area contributed by atoms with E-state index in [1.54, 1.807) is 0 Å². The van der Waals surface area contributed by atoms with Crippen LogP contribution in [-0.4, -0.2) is 4.98 Å². The van der Waals surface area contributed by atoms with Gasteiger partial charge in [0, 0.05) is 16.4 Å². The molecule has 1 aromatic heterocycles. The Kier molecular flexibility index (Phi) is 4.70. The summed E-state index contributed by atoms with van der Waals surface area (Å²) in [5.74, 6) is 0.652. The lowest BCUT2D eigenvalue weighted by atomic mass is 9.81. The second-order valence-electron chi connectivity index (χ2n) is 12.0. The van der Waals surface area contributed by atoms with Crippen LogP contribution in [0.25, 0.3) is 77.1 Å². The molecule has 1 aliphatic carbocycles. The van der Waals surface area contributed by atoms with E-state index in [0.717, 1.165) is 27.4 Å². The van der Waals surface area contributed by atoms with Crippen LogP contribution >= 0.6 is 0 Å². The Labute approximate surface area is 243 Å². The normalized spacial score (nSPS) is 13.7. The predicted molar refractivity (Wildman–Crippen MR) is 175 cm³/mol. The zero-order chi connectivity index (χ0) is 28.0. The molecule has 0 aliphatic heterocycles. The first kappa shape index (κ1) is 23.5. The van der Waals surface area contributed by atoms with Crippen LogP contribution in [0.15, 0.2) is 132 Å². The average Bonchev–Trinajstić information content (AvgIpc) is 3.57. The molecule has 0 saturated carbocycles. The quantitative estimate of drug-likeness (QED) is 0.205. The van der Waals surface area contributed by atoms with Crippen molar-refractivity contribution >= 4 is 43.4 Å². The lowest BCUT2D eigenvalue weighted by Gasteiger charge is -2.22. The smallest absolute Gasteiger partial charge is 0.227 e. The maximum atomic E-state index is 6.47. The Bertz CT molecular complexity index is 2380. The molecular formula is C40H27NO. The number of hydrogen-bond donors (Lipinski definition) is 0. The largest absolute Gasteiger partial charge is 0.435 e. The van der Waals surface area contributed by atoms with E-state index in [1.807, 2.05) is 30.3 Å². The number of rotatable bonds is 2. The maximum absolute atomic E-state index is 6.47. The molecule has 2 nitrogen and oxygen atoms in total. The van der Waals surface area contributed by atoms with Gasteiger partial charge in [0.2, 0.25) is 5.89 Å². The summed E-state index contributed by atoms with van der Waals surface area (Å²) in [7, 11) is 0. The highest BCUT2D eigenvalue weighted by molar-refractivity contribution is 6.18. The summed E-state index contributed by atoms with van der Waals surface area (Å²) in [4.78, 5) is 4.85. The van der Waals surface area contributed by atoms with Gasteiger partial charge in [-0.25, -0.2) is 4.98 Å². The first-order valence-electron chi connectivity index (χ1n) is 14.5. The molecule has 7 aromatic carbocycles. The molecule has 198 valence electrons. The minimum Gasteiger partial charge on any atom is -0.435 e. The van der Waals surface area contributed by atoms with Gasteiger partial charge in [-0.3, -0.25) is 0 Å². The van der Waals surface area contributed by atoms with E-state index in [-0.39, 0.29) is 5.41 Å². The number of hydrogen-bond acceptors (Lipinski definition) is 2. The van der Waals surface area contributed by atoms with E-state index >= 15 is 0 Å². The fourth-order valence-corrected chi connectivity index (χ4v) is 7.01. The second-order valence-corrected chi connectivity index (χ2v) is 12.0. The third-order valence-electron chi connectivity index (χ3n) is 9.25. The Balaban J connectivity index is 1.23. The van der Waals surface area contributed by atoms with Crippen molar-refractivity contribution in [3.05, 3.63) is 139 Å². The monoisotopic (exact) mass is 537 g/mol.